The number of alkyl halides is 3. The monoisotopic (exact) mass is 434 g/mol. The Balaban J connectivity index is 1.46. The molecule has 4 N–H and O–H groups in total. The smallest absolute Gasteiger partial charge is 0.388 e. The Labute approximate surface area is 178 Å². The summed E-state index contributed by atoms with van der Waals surface area (Å²) < 4.78 is 38.1. The number of halogens is 3. The summed E-state index contributed by atoms with van der Waals surface area (Å²) in [5, 5.41) is 12.8. The van der Waals surface area contributed by atoms with Crippen molar-refractivity contribution in [1.29, 1.82) is 0 Å². The van der Waals surface area contributed by atoms with Gasteiger partial charge < -0.3 is 21.1 Å². The summed E-state index contributed by atoms with van der Waals surface area (Å²) in [6.45, 7) is 3.24. The molecule has 9 heteroatoms. The molecule has 1 aliphatic rings. The number of hydrogen-bond acceptors (Lipinski definition) is 4. The van der Waals surface area contributed by atoms with Crippen LogP contribution in [0, 0.1) is 0 Å². The second-order valence-electron chi connectivity index (χ2n) is 7.37. The first kappa shape index (κ1) is 22.6. The molecule has 3 rings (SSSR count). The van der Waals surface area contributed by atoms with Crippen LogP contribution in [0.5, 0.6) is 0 Å². The number of carbonyl (C=O) groups excluding carboxylic acids is 1. The molecule has 2 aromatic rings. The number of aliphatic hydroxyl groups is 1. The van der Waals surface area contributed by atoms with Gasteiger partial charge in [-0.25, -0.2) is 4.79 Å². The number of hydrogen-bond donors (Lipinski definition) is 3. The van der Waals surface area contributed by atoms with Crippen LogP contribution in [0.2, 0.25) is 0 Å². The zero-order chi connectivity index (χ0) is 22.4. The normalized spacial score (nSPS) is 16.5. The first-order valence-electron chi connectivity index (χ1n) is 9.88. The van der Waals surface area contributed by atoms with Crippen LogP contribution in [0.4, 0.5) is 29.3 Å². The summed E-state index contributed by atoms with van der Waals surface area (Å²) in [6.07, 6.45) is -1.47. The van der Waals surface area contributed by atoms with E-state index in [4.69, 9.17) is 5.73 Å². The summed E-state index contributed by atoms with van der Waals surface area (Å²) in [6, 6.07) is 11.6. The number of urea groups is 1. The molecule has 1 heterocycles. The molecule has 0 aromatic heterocycles. The highest BCUT2D eigenvalue weighted by atomic mass is 19.4. The fourth-order valence-corrected chi connectivity index (χ4v) is 3.42. The maximum atomic E-state index is 12.7. The lowest BCUT2D eigenvalue weighted by Crippen LogP contribution is -2.48. The average Bonchev–Trinajstić information content (AvgIpc) is 2.73. The highest BCUT2D eigenvalue weighted by Gasteiger charge is 2.30. The van der Waals surface area contributed by atoms with Crippen molar-refractivity contribution >= 4 is 23.5 Å². The number of piperazine rings is 1. The molecule has 1 atom stereocenters. The van der Waals surface area contributed by atoms with E-state index in [1.54, 1.807) is 36.4 Å². The summed E-state index contributed by atoms with van der Waals surface area (Å²) in [7, 11) is 0. The van der Waals surface area contributed by atoms with Gasteiger partial charge in [0.15, 0.2) is 0 Å². The van der Waals surface area contributed by atoms with Crippen LogP contribution in [-0.4, -0.2) is 54.9 Å². The second-order valence-corrected chi connectivity index (χ2v) is 7.37. The lowest BCUT2D eigenvalue weighted by molar-refractivity contribution is -0.137. The molecule has 166 valence electrons. The van der Waals surface area contributed by atoms with E-state index in [0.717, 1.165) is 23.4 Å². The van der Waals surface area contributed by atoms with Gasteiger partial charge in [0.2, 0.25) is 0 Å². The van der Waals surface area contributed by atoms with Crippen molar-refractivity contribution in [3.05, 3.63) is 65.7 Å². The van der Waals surface area contributed by atoms with Crippen molar-refractivity contribution in [2.75, 3.05) is 42.9 Å². The van der Waals surface area contributed by atoms with Gasteiger partial charge in [0.1, 0.15) is 0 Å². The van der Waals surface area contributed by atoms with Crippen LogP contribution in [0.3, 0.4) is 0 Å². The zero-order valence-corrected chi connectivity index (χ0v) is 16.8. The van der Waals surface area contributed by atoms with Crippen LogP contribution < -0.4 is 16.0 Å². The van der Waals surface area contributed by atoms with Gasteiger partial charge in [-0.15, -0.1) is 0 Å². The van der Waals surface area contributed by atoms with Gasteiger partial charge in [-0.05, 0) is 42.0 Å². The highest BCUT2D eigenvalue weighted by Crippen LogP contribution is 2.30. The molecule has 6 nitrogen and oxygen atoms in total. The van der Waals surface area contributed by atoms with E-state index in [-0.39, 0.29) is 0 Å². The van der Waals surface area contributed by atoms with Gasteiger partial charge in [-0.2, -0.15) is 13.2 Å². The minimum Gasteiger partial charge on any atom is -0.388 e. The predicted octanol–water partition coefficient (Wildman–Crippen LogP) is 3.39. The van der Waals surface area contributed by atoms with Gasteiger partial charge >= 0.3 is 12.2 Å². The van der Waals surface area contributed by atoms with Crippen molar-refractivity contribution in [3.63, 3.8) is 0 Å². The first-order chi connectivity index (χ1) is 14.7. The fraction of sp³-hybridized carbons (Fsp3) is 0.318. The van der Waals surface area contributed by atoms with Crippen LogP contribution in [0.15, 0.2) is 54.6 Å². The summed E-state index contributed by atoms with van der Waals surface area (Å²) in [5.41, 5.74) is 6.65. The quantitative estimate of drug-likeness (QED) is 0.651. The Morgan fingerprint density at radius 1 is 1.06 bits per heavy atom. The molecular formula is C22H25F3N4O2. The molecule has 0 aliphatic carbocycles. The number of nitrogens with zero attached hydrogens (tertiary/aromatic N) is 2. The van der Waals surface area contributed by atoms with Gasteiger partial charge in [0.05, 0.1) is 11.7 Å². The van der Waals surface area contributed by atoms with Crippen molar-refractivity contribution in [2.45, 2.75) is 12.3 Å². The van der Waals surface area contributed by atoms with Crippen molar-refractivity contribution in [1.82, 2.24) is 4.90 Å². The molecule has 1 saturated heterocycles. The molecular weight excluding hydrogens is 409 g/mol. The fourth-order valence-electron chi connectivity index (χ4n) is 3.42. The number of anilines is 2. The summed E-state index contributed by atoms with van der Waals surface area (Å²) in [4.78, 5) is 15.0. The lowest BCUT2D eigenvalue weighted by Gasteiger charge is -2.36. The Kier molecular flexibility index (Phi) is 7.19. The molecule has 0 spiro atoms. The third-order valence-corrected chi connectivity index (χ3v) is 5.07. The standard InChI is InChI=1S/C22H25F3N4O2/c23-22(24,25)17-4-8-19(9-5-17)29-13-11-28(12-14-29)15-20(30)10-3-16-1-6-18(7-2-16)27-21(26)31/h1-10,20,30H,11-15H2,(H3,26,27,31)/b10-3+. The number of amides is 2. The van der Waals surface area contributed by atoms with Crippen molar-refractivity contribution < 1.29 is 23.1 Å². The number of nitrogens with two attached hydrogens (primary N) is 1. The minimum atomic E-state index is -4.33. The minimum absolute atomic E-state index is 0.471. The van der Waals surface area contributed by atoms with Crippen LogP contribution in [0.1, 0.15) is 11.1 Å². The first-order valence-corrected chi connectivity index (χ1v) is 9.88. The van der Waals surface area contributed by atoms with Crippen molar-refractivity contribution in [2.24, 2.45) is 5.73 Å². The van der Waals surface area contributed by atoms with E-state index in [9.17, 15) is 23.1 Å². The Morgan fingerprint density at radius 2 is 1.68 bits per heavy atom. The molecule has 1 aliphatic heterocycles. The Hall–Kier alpha value is -3.04. The number of aliphatic hydroxyl groups excluding tert-OH is 1. The number of carbonyl (C=O) groups is 1. The number of nitrogens with one attached hydrogen (secondary N) is 1. The second kappa shape index (κ2) is 9.84. The third kappa shape index (κ3) is 6.73. The van der Waals surface area contributed by atoms with Gasteiger partial charge in [-0.1, -0.05) is 24.3 Å². The van der Waals surface area contributed by atoms with Crippen LogP contribution >= 0.6 is 0 Å². The molecule has 0 bridgehead atoms. The van der Waals surface area contributed by atoms with Crippen molar-refractivity contribution in [3.8, 4) is 0 Å². The number of benzene rings is 2. The van der Waals surface area contributed by atoms with E-state index in [2.05, 4.69) is 10.2 Å². The topological polar surface area (TPSA) is 81.8 Å². The predicted molar refractivity (Wildman–Crippen MR) is 115 cm³/mol. The lowest BCUT2D eigenvalue weighted by atomic mass is 10.1. The molecule has 0 radical (unpaired) electrons. The largest absolute Gasteiger partial charge is 0.416 e. The van der Waals surface area contributed by atoms with E-state index in [0.29, 0.717) is 38.4 Å². The van der Waals surface area contributed by atoms with Crippen LogP contribution in [0.25, 0.3) is 6.08 Å². The van der Waals surface area contributed by atoms with E-state index in [1.165, 1.54) is 12.1 Å². The van der Waals surface area contributed by atoms with E-state index in [1.807, 2.05) is 4.90 Å². The van der Waals surface area contributed by atoms with E-state index < -0.39 is 23.9 Å². The van der Waals surface area contributed by atoms with Gasteiger partial charge in [0.25, 0.3) is 0 Å². The molecule has 2 amide bonds. The number of β-amino-alcohol motifs (C(OH)–C–C–N with tert-alkyl or cyclic N) is 1. The number of rotatable bonds is 6. The molecule has 0 saturated carbocycles. The third-order valence-electron chi connectivity index (χ3n) is 5.07. The molecule has 2 aromatic carbocycles. The van der Waals surface area contributed by atoms with Crippen LogP contribution in [-0.2, 0) is 6.18 Å². The average molecular weight is 434 g/mol. The zero-order valence-electron chi connectivity index (χ0n) is 16.8. The molecule has 31 heavy (non-hydrogen) atoms. The molecule has 1 unspecified atom stereocenters. The summed E-state index contributed by atoms with van der Waals surface area (Å²) >= 11 is 0. The Morgan fingerprint density at radius 3 is 2.23 bits per heavy atom. The summed E-state index contributed by atoms with van der Waals surface area (Å²) in [5.74, 6) is 0. The maximum Gasteiger partial charge on any atom is 0.416 e. The SMILES string of the molecule is NC(=O)Nc1ccc(/C=C/C(O)CN2CCN(c3ccc(C(F)(F)F)cc3)CC2)cc1. The Bertz CT molecular complexity index is 890. The van der Waals surface area contributed by atoms with Gasteiger partial charge in [0, 0.05) is 44.1 Å². The van der Waals surface area contributed by atoms with E-state index >= 15 is 0 Å². The highest BCUT2D eigenvalue weighted by molar-refractivity contribution is 5.87. The number of primary amides is 1. The maximum absolute atomic E-state index is 12.7. The molecule has 1 fully saturated rings. The van der Waals surface area contributed by atoms with Gasteiger partial charge in [-0.3, -0.25) is 4.90 Å².